The molecular formula is C14H19NO. The number of carbonyl (C=O) groups is 1. The van der Waals surface area contributed by atoms with Gasteiger partial charge in [-0.05, 0) is 25.5 Å². The fourth-order valence-corrected chi connectivity index (χ4v) is 2.42. The Labute approximate surface area is 97.3 Å². The van der Waals surface area contributed by atoms with E-state index in [1.807, 2.05) is 6.07 Å². The van der Waals surface area contributed by atoms with Crippen LogP contribution in [0.2, 0.25) is 0 Å². The lowest BCUT2D eigenvalue weighted by Gasteiger charge is -2.19. The first-order chi connectivity index (χ1) is 7.75. The lowest BCUT2D eigenvalue weighted by Crippen LogP contribution is -2.27. The zero-order valence-corrected chi connectivity index (χ0v) is 9.86. The monoisotopic (exact) mass is 217 g/mol. The van der Waals surface area contributed by atoms with Crippen molar-refractivity contribution in [1.29, 1.82) is 0 Å². The van der Waals surface area contributed by atoms with Gasteiger partial charge in [-0.25, -0.2) is 0 Å². The fourth-order valence-electron chi connectivity index (χ4n) is 2.42. The lowest BCUT2D eigenvalue weighted by molar-refractivity contribution is -0.121. The summed E-state index contributed by atoms with van der Waals surface area (Å²) in [6.07, 6.45) is 2.96. The van der Waals surface area contributed by atoms with Gasteiger partial charge < -0.3 is 4.90 Å². The number of Topliss-reactive ketones (excluding diaryl/α,β-unsaturated/α-hetero) is 1. The highest BCUT2D eigenvalue weighted by molar-refractivity contribution is 5.83. The van der Waals surface area contributed by atoms with Crippen LogP contribution < -0.4 is 0 Å². The maximum atomic E-state index is 11.5. The molecule has 0 N–H and O–H groups in total. The quantitative estimate of drug-likeness (QED) is 0.772. The van der Waals surface area contributed by atoms with Crippen molar-refractivity contribution in [2.45, 2.75) is 25.8 Å². The van der Waals surface area contributed by atoms with Crippen molar-refractivity contribution < 1.29 is 4.79 Å². The number of benzene rings is 1. The standard InChI is InChI=1S/C14H19NO/c1-15(10-12-6-3-2-4-7-12)11-13-8-5-9-14(13)16/h2-4,6-7,13H,5,8-11H2,1H3. The minimum absolute atomic E-state index is 0.286. The van der Waals surface area contributed by atoms with Gasteiger partial charge in [-0.1, -0.05) is 30.3 Å². The second-order valence-electron chi connectivity index (χ2n) is 4.74. The number of rotatable bonds is 4. The molecule has 2 rings (SSSR count). The molecule has 0 radical (unpaired) electrons. The van der Waals surface area contributed by atoms with Crippen LogP contribution in [0.1, 0.15) is 24.8 Å². The van der Waals surface area contributed by atoms with Gasteiger partial charge in [-0.2, -0.15) is 0 Å². The van der Waals surface area contributed by atoms with Crippen LogP contribution in [0.4, 0.5) is 0 Å². The SMILES string of the molecule is CN(Cc1ccccc1)CC1CCCC1=O. The molecule has 1 aliphatic rings. The Kier molecular flexibility index (Phi) is 3.73. The van der Waals surface area contributed by atoms with E-state index in [1.54, 1.807) is 0 Å². The van der Waals surface area contributed by atoms with Crippen LogP contribution in [-0.2, 0) is 11.3 Å². The molecule has 0 aliphatic heterocycles. The maximum Gasteiger partial charge on any atom is 0.137 e. The average Bonchev–Trinajstić information content (AvgIpc) is 2.66. The number of carbonyl (C=O) groups excluding carboxylic acids is 1. The number of hydrogen-bond acceptors (Lipinski definition) is 2. The Balaban J connectivity index is 1.84. The van der Waals surface area contributed by atoms with Gasteiger partial charge in [-0.3, -0.25) is 4.79 Å². The third kappa shape index (κ3) is 2.92. The zero-order valence-electron chi connectivity index (χ0n) is 9.86. The molecule has 2 nitrogen and oxygen atoms in total. The van der Waals surface area contributed by atoms with E-state index in [4.69, 9.17) is 0 Å². The van der Waals surface area contributed by atoms with Crippen molar-refractivity contribution in [3.63, 3.8) is 0 Å². The summed E-state index contributed by atoms with van der Waals surface area (Å²) in [4.78, 5) is 13.8. The molecule has 1 aromatic carbocycles. The first kappa shape index (κ1) is 11.3. The van der Waals surface area contributed by atoms with E-state index in [1.165, 1.54) is 5.56 Å². The minimum atomic E-state index is 0.286. The van der Waals surface area contributed by atoms with Crippen molar-refractivity contribution in [2.75, 3.05) is 13.6 Å². The van der Waals surface area contributed by atoms with E-state index in [9.17, 15) is 4.79 Å². The molecule has 0 amide bonds. The molecule has 1 unspecified atom stereocenters. The molecule has 1 aliphatic carbocycles. The third-order valence-electron chi connectivity index (χ3n) is 3.26. The third-order valence-corrected chi connectivity index (χ3v) is 3.26. The summed E-state index contributed by atoms with van der Waals surface area (Å²) in [6, 6.07) is 10.4. The van der Waals surface area contributed by atoms with Gasteiger partial charge in [0, 0.05) is 25.4 Å². The molecule has 1 atom stereocenters. The lowest BCUT2D eigenvalue weighted by atomic mass is 10.1. The molecule has 16 heavy (non-hydrogen) atoms. The summed E-state index contributed by atoms with van der Waals surface area (Å²) in [5, 5.41) is 0. The van der Waals surface area contributed by atoms with E-state index in [0.717, 1.165) is 32.4 Å². The summed E-state index contributed by atoms with van der Waals surface area (Å²) >= 11 is 0. The summed E-state index contributed by atoms with van der Waals surface area (Å²) in [6.45, 7) is 1.85. The molecular weight excluding hydrogens is 198 g/mol. The fraction of sp³-hybridized carbons (Fsp3) is 0.500. The Bertz CT molecular complexity index is 347. The topological polar surface area (TPSA) is 20.3 Å². The molecule has 2 heteroatoms. The first-order valence-corrected chi connectivity index (χ1v) is 6.01. The molecule has 1 fully saturated rings. The summed E-state index contributed by atoms with van der Waals surface area (Å²) in [7, 11) is 2.10. The van der Waals surface area contributed by atoms with E-state index in [-0.39, 0.29) is 5.92 Å². The summed E-state index contributed by atoms with van der Waals surface area (Å²) in [5.41, 5.74) is 1.32. The number of hydrogen-bond donors (Lipinski definition) is 0. The predicted molar refractivity (Wildman–Crippen MR) is 65.1 cm³/mol. The zero-order chi connectivity index (χ0) is 11.4. The predicted octanol–water partition coefficient (Wildman–Crippen LogP) is 2.49. The molecule has 0 spiro atoms. The van der Waals surface area contributed by atoms with Gasteiger partial charge in [0.25, 0.3) is 0 Å². The van der Waals surface area contributed by atoms with Crippen molar-refractivity contribution in [1.82, 2.24) is 4.90 Å². The van der Waals surface area contributed by atoms with Gasteiger partial charge in [-0.15, -0.1) is 0 Å². The van der Waals surface area contributed by atoms with Crippen LogP contribution in [0.15, 0.2) is 30.3 Å². The number of nitrogens with zero attached hydrogens (tertiary/aromatic N) is 1. The Hall–Kier alpha value is -1.15. The highest BCUT2D eigenvalue weighted by Gasteiger charge is 2.25. The Morgan fingerprint density at radius 2 is 2.06 bits per heavy atom. The molecule has 0 bridgehead atoms. The van der Waals surface area contributed by atoms with Crippen molar-refractivity contribution in [2.24, 2.45) is 5.92 Å². The maximum absolute atomic E-state index is 11.5. The van der Waals surface area contributed by atoms with Gasteiger partial charge in [0.2, 0.25) is 0 Å². The first-order valence-electron chi connectivity index (χ1n) is 6.01. The second kappa shape index (κ2) is 5.26. The van der Waals surface area contributed by atoms with Gasteiger partial charge >= 0.3 is 0 Å². The molecule has 0 saturated heterocycles. The van der Waals surface area contributed by atoms with Gasteiger partial charge in [0.15, 0.2) is 0 Å². The van der Waals surface area contributed by atoms with Crippen LogP contribution in [-0.4, -0.2) is 24.3 Å². The van der Waals surface area contributed by atoms with Crippen LogP contribution in [0.25, 0.3) is 0 Å². The van der Waals surface area contributed by atoms with Gasteiger partial charge in [0.1, 0.15) is 5.78 Å². The van der Waals surface area contributed by atoms with Gasteiger partial charge in [0.05, 0.1) is 0 Å². The van der Waals surface area contributed by atoms with Crippen LogP contribution in [0.3, 0.4) is 0 Å². The summed E-state index contributed by atoms with van der Waals surface area (Å²) < 4.78 is 0. The highest BCUT2D eigenvalue weighted by atomic mass is 16.1. The van der Waals surface area contributed by atoms with Crippen molar-refractivity contribution >= 4 is 5.78 Å². The van der Waals surface area contributed by atoms with Crippen molar-refractivity contribution in [3.8, 4) is 0 Å². The van der Waals surface area contributed by atoms with Crippen LogP contribution in [0, 0.1) is 5.92 Å². The molecule has 0 aromatic heterocycles. The average molecular weight is 217 g/mol. The smallest absolute Gasteiger partial charge is 0.137 e. The molecule has 86 valence electrons. The van der Waals surface area contributed by atoms with E-state index >= 15 is 0 Å². The van der Waals surface area contributed by atoms with Crippen LogP contribution in [0.5, 0.6) is 0 Å². The van der Waals surface area contributed by atoms with E-state index in [0.29, 0.717) is 5.78 Å². The summed E-state index contributed by atoms with van der Waals surface area (Å²) in [5.74, 6) is 0.744. The molecule has 1 aromatic rings. The van der Waals surface area contributed by atoms with E-state index < -0.39 is 0 Å². The molecule has 1 saturated carbocycles. The molecule has 0 heterocycles. The van der Waals surface area contributed by atoms with Crippen LogP contribution >= 0.6 is 0 Å². The normalized spacial score (nSPS) is 20.6. The minimum Gasteiger partial charge on any atom is -0.301 e. The number of ketones is 1. The Morgan fingerprint density at radius 3 is 2.69 bits per heavy atom. The van der Waals surface area contributed by atoms with E-state index in [2.05, 4.69) is 36.2 Å². The second-order valence-corrected chi connectivity index (χ2v) is 4.74. The largest absolute Gasteiger partial charge is 0.301 e. The van der Waals surface area contributed by atoms with Crippen molar-refractivity contribution in [3.05, 3.63) is 35.9 Å². The highest BCUT2D eigenvalue weighted by Crippen LogP contribution is 2.22. The Morgan fingerprint density at radius 1 is 1.31 bits per heavy atom.